The smallest absolute Gasteiger partial charge is 0.408 e. The number of amides is 3. The minimum atomic E-state index is -0.963. The van der Waals surface area contributed by atoms with E-state index in [1.165, 1.54) is 0 Å². The molecular formula is C31H40ClN3O4S. The second-order valence-corrected chi connectivity index (χ2v) is 12.6. The summed E-state index contributed by atoms with van der Waals surface area (Å²) in [6.07, 6.45) is 4.12. The summed E-state index contributed by atoms with van der Waals surface area (Å²) in [6.45, 7) is 13.1. The molecule has 0 spiro atoms. The number of benzene rings is 2. The predicted molar refractivity (Wildman–Crippen MR) is 165 cm³/mol. The van der Waals surface area contributed by atoms with Gasteiger partial charge in [0.05, 0.1) is 10.7 Å². The Kier molecular flexibility index (Phi) is 10.7. The van der Waals surface area contributed by atoms with Crippen molar-refractivity contribution in [3.8, 4) is 0 Å². The lowest BCUT2D eigenvalue weighted by molar-refractivity contribution is -0.141. The van der Waals surface area contributed by atoms with Crippen LogP contribution in [0.25, 0.3) is 6.08 Å². The summed E-state index contributed by atoms with van der Waals surface area (Å²) in [6, 6.07) is 10.8. The number of carbonyl (C=O) groups is 3. The van der Waals surface area contributed by atoms with Crippen molar-refractivity contribution in [2.24, 2.45) is 5.92 Å². The Labute approximate surface area is 247 Å². The van der Waals surface area contributed by atoms with E-state index in [1.54, 1.807) is 49.6 Å². The monoisotopic (exact) mass is 585 g/mol. The number of halogens is 1. The SMILES string of the molecule is C=Cc1cccc(C(C(=O)Nc2c(C)cccc2Cl)N(C(=O)C(CCSC)NC(=O)OC(C)(C)C)C2CC2C)c1. The average Bonchev–Trinajstić information content (AvgIpc) is 3.61. The summed E-state index contributed by atoms with van der Waals surface area (Å²) >= 11 is 8.03. The molecule has 4 atom stereocenters. The van der Waals surface area contributed by atoms with Gasteiger partial charge in [0, 0.05) is 6.04 Å². The second-order valence-electron chi connectivity index (χ2n) is 11.2. The van der Waals surface area contributed by atoms with E-state index >= 15 is 0 Å². The van der Waals surface area contributed by atoms with Crippen molar-refractivity contribution in [3.63, 3.8) is 0 Å². The molecule has 7 nitrogen and oxygen atoms in total. The van der Waals surface area contributed by atoms with Crippen molar-refractivity contribution >= 4 is 53.0 Å². The molecule has 3 rings (SSSR count). The van der Waals surface area contributed by atoms with Gasteiger partial charge in [-0.3, -0.25) is 9.59 Å². The molecule has 4 unspecified atom stereocenters. The van der Waals surface area contributed by atoms with Crippen LogP contribution in [0.4, 0.5) is 10.5 Å². The maximum atomic E-state index is 14.4. The van der Waals surface area contributed by atoms with Crippen LogP contribution < -0.4 is 10.6 Å². The van der Waals surface area contributed by atoms with E-state index < -0.39 is 23.8 Å². The summed E-state index contributed by atoms with van der Waals surface area (Å²) in [5, 5.41) is 6.19. The van der Waals surface area contributed by atoms with E-state index in [9.17, 15) is 14.4 Å². The van der Waals surface area contributed by atoms with Crippen LogP contribution in [0.2, 0.25) is 5.02 Å². The number of rotatable bonds is 11. The van der Waals surface area contributed by atoms with E-state index in [0.29, 0.717) is 28.4 Å². The maximum Gasteiger partial charge on any atom is 0.408 e. The number of nitrogens with zero attached hydrogens (tertiary/aromatic N) is 1. The van der Waals surface area contributed by atoms with Crippen LogP contribution in [0.1, 0.15) is 63.3 Å². The molecule has 1 saturated carbocycles. The average molecular weight is 586 g/mol. The highest BCUT2D eigenvalue weighted by atomic mass is 35.5. The second kappa shape index (κ2) is 13.6. The van der Waals surface area contributed by atoms with Crippen molar-refractivity contribution in [1.29, 1.82) is 0 Å². The van der Waals surface area contributed by atoms with Crippen molar-refractivity contribution in [2.45, 2.75) is 71.2 Å². The van der Waals surface area contributed by atoms with Gasteiger partial charge in [-0.05, 0) is 87.3 Å². The van der Waals surface area contributed by atoms with Crippen LogP contribution in [-0.4, -0.2) is 52.5 Å². The molecule has 0 radical (unpaired) electrons. The van der Waals surface area contributed by atoms with Crippen LogP contribution in [0.5, 0.6) is 0 Å². The first-order valence-corrected chi connectivity index (χ1v) is 15.2. The summed E-state index contributed by atoms with van der Waals surface area (Å²) < 4.78 is 5.47. The van der Waals surface area contributed by atoms with E-state index in [1.807, 2.05) is 49.6 Å². The third-order valence-electron chi connectivity index (χ3n) is 6.74. The number of thioether (sulfide) groups is 1. The van der Waals surface area contributed by atoms with Gasteiger partial charge in [0.2, 0.25) is 5.91 Å². The molecule has 216 valence electrons. The van der Waals surface area contributed by atoms with Crippen LogP contribution in [-0.2, 0) is 14.3 Å². The molecule has 0 saturated heterocycles. The fraction of sp³-hybridized carbons (Fsp3) is 0.452. The Morgan fingerprint density at radius 3 is 2.48 bits per heavy atom. The lowest BCUT2D eigenvalue weighted by atomic mass is 9.99. The van der Waals surface area contributed by atoms with Crippen LogP contribution in [0.3, 0.4) is 0 Å². The maximum absolute atomic E-state index is 14.4. The molecular weight excluding hydrogens is 546 g/mol. The molecule has 9 heteroatoms. The highest BCUT2D eigenvalue weighted by Gasteiger charge is 2.48. The lowest BCUT2D eigenvalue weighted by Crippen LogP contribution is -2.53. The van der Waals surface area contributed by atoms with Gasteiger partial charge in [0.15, 0.2) is 0 Å². The predicted octanol–water partition coefficient (Wildman–Crippen LogP) is 6.85. The summed E-state index contributed by atoms with van der Waals surface area (Å²) in [5.41, 5.74) is 2.06. The van der Waals surface area contributed by atoms with Crippen LogP contribution in [0.15, 0.2) is 49.0 Å². The zero-order valence-electron chi connectivity index (χ0n) is 24.1. The molecule has 40 heavy (non-hydrogen) atoms. The van der Waals surface area contributed by atoms with Gasteiger partial charge in [0.1, 0.15) is 17.7 Å². The van der Waals surface area contributed by atoms with Gasteiger partial charge in [-0.1, -0.05) is 61.5 Å². The number of para-hydroxylation sites is 1. The molecule has 0 aliphatic heterocycles. The number of ether oxygens (including phenoxy) is 1. The Hall–Kier alpha value is -2.97. The highest BCUT2D eigenvalue weighted by molar-refractivity contribution is 7.98. The fourth-order valence-electron chi connectivity index (χ4n) is 4.57. The van der Waals surface area contributed by atoms with E-state index in [4.69, 9.17) is 16.3 Å². The molecule has 1 aliphatic rings. The standard InChI is InChI=1S/C31H40ClN3O4S/c1-8-21-12-10-13-22(18-21)27(28(36)34-26-19(2)11-9-14-23(26)32)35(25-17-20(25)3)29(37)24(15-16-40-7)33-30(38)39-31(4,5)6/h8-14,18,20,24-25,27H,1,15-17H2,2-7H3,(H,33,38)(H,34,36). The number of aryl methyl sites for hydroxylation is 1. The van der Waals surface area contributed by atoms with Gasteiger partial charge >= 0.3 is 6.09 Å². The third-order valence-corrected chi connectivity index (χ3v) is 7.70. The number of anilines is 1. The normalized spacial score (nSPS) is 17.8. The first-order valence-electron chi connectivity index (χ1n) is 13.4. The number of hydrogen-bond donors (Lipinski definition) is 2. The van der Waals surface area contributed by atoms with E-state index in [-0.39, 0.29) is 23.8 Å². The summed E-state index contributed by atoms with van der Waals surface area (Å²) in [7, 11) is 0. The molecule has 1 aliphatic carbocycles. The molecule has 0 bridgehead atoms. The van der Waals surface area contributed by atoms with Gasteiger partial charge in [-0.15, -0.1) is 0 Å². The Morgan fingerprint density at radius 1 is 1.23 bits per heavy atom. The van der Waals surface area contributed by atoms with Crippen molar-refractivity contribution in [2.75, 3.05) is 17.3 Å². The largest absolute Gasteiger partial charge is 0.444 e. The van der Waals surface area contributed by atoms with Crippen LogP contribution in [0, 0.1) is 12.8 Å². The number of hydrogen-bond acceptors (Lipinski definition) is 5. The molecule has 0 heterocycles. The molecule has 2 aromatic rings. The van der Waals surface area contributed by atoms with Crippen molar-refractivity contribution < 1.29 is 19.1 Å². The summed E-state index contributed by atoms with van der Waals surface area (Å²) in [5.74, 6) is 0.133. The van der Waals surface area contributed by atoms with Gasteiger partial charge < -0.3 is 20.3 Å². The quantitative estimate of drug-likeness (QED) is 0.301. The zero-order chi connectivity index (χ0) is 29.6. The summed E-state index contributed by atoms with van der Waals surface area (Å²) in [4.78, 5) is 42.9. The Balaban J connectivity index is 2.07. The molecule has 2 N–H and O–H groups in total. The first kappa shape index (κ1) is 31.6. The fourth-order valence-corrected chi connectivity index (χ4v) is 5.31. The van der Waals surface area contributed by atoms with Crippen LogP contribution >= 0.6 is 23.4 Å². The van der Waals surface area contributed by atoms with E-state index in [2.05, 4.69) is 24.1 Å². The Morgan fingerprint density at radius 2 is 1.90 bits per heavy atom. The van der Waals surface area contributed by atoms with E-state index in [0.717, 1.165) is 17.5 Å². The number of alkyl carbamates (subject to hydrolysis) is 1. The van der Waals surface area contributed by atoms with Crippen molar-refractivity contribution in [3.05, 3.63) is 70.8 Å². The highest BCUT2D eigenvalue weighted by Crippen LogP contribution is 2.41. The lowest BCUT2D eigenvalue weighted by Gasteiger charge is -2.35. The third kappa shape index (κ3) is 8.27. The number of carbonyl (C=O) groups excluding carboxylic acids is 3. The minimum Gasteiger partial charge on any atom is -0.444 e. The Bertz CT molecular complexity index is 1230. The zero-order valence-corrected chi connectivity index (χ0v) is 25.7. The minimum absolute atomic E-state index is 0.166. The topological polar surface area (TPSA) is 87.7 Å². The first-order chi connectivity index (χ1) is 18.9. The molecule has 1 fully saturated rings. The number of nitrogens with one attached hydrogen (secondary N) is 2. The molecule has 0 aromatic heterocycles. The van der Waals surface area contributed by atoms with Gasteiger partial charge in [0.25, 0.3) is 5.91 Å². The van der Waals surface area contributed by atoms with Gasteiger partial charge in [-0.25, -0.2) is 4.79 Å². The molecule has 2 aromatic carbocycles. The molecule has 3 amide bonds. The van der Waals surface area contributed by atoms with Gasteiger partial charge in [-0.2, -0.15) is 11.8 Å². The van der Waals surface area contributed by atoms with Crippen molar-refractivity contribution in [1.82, 2.24) is 10.2 Å².